The van der Waals surface area contributed by atoms with Gasteiger partial charge in [0.05, 0.1) is 23.7 Å². The van der Waals surface area contributed by atoms with Gasteiger partial charge in [-0.05, 0) is 37.3 Å². The van der Waals surface area contributed by atoms with E-state index in [1.807, 2.05) is 12.1 Å². The Kier molecular flexibility index (Phi) is 6.48. The fourth-order valence-corrected chi connectivity index (χ4v) is 2.93. The summed E-state index contributed by atoms with van der Waals surface area (Å²) in [5, 5.41) is 13.6. The highest BCUT2D eigenvalue weighted by atomic mass is 16.6. The number of hydrogen-bond acceptors (Lipinski definition) is 8. The zero-order chi connectivity index (χ0) is 21.7. The standard InChI is InChI=1S/C20H22N4O6/c1-13(30-20(26)17-12-16(24(27)28)6-7-18(17)21)19(25)22-14-2-4-15(5-3-14)23-8-10-29-11-9-23/h2-7,12-13H,8-11,21H2,1H3,(H,22,25). The van der Waals surface area contributed by atoms with Crippen LogP contribution in [0.25, 0.3) is 0 Å². The van der Waals surface area contributed by atoms with E-state index >= 15 is 0 Å². The lowest BCUT2D eigenvalue weighted by atomic mass is 10.1. The number of benzene rings is 2. The maximum absolute atomic E-state index is 12.4. The topological polar surface area (TPSA) is 137 Å². The van der Waals surface area contributed by atoms with Crippen molar-refractivity contribution in [1.82, 2.24) is 0 Å². The quantitative estimate of drug-likeness (QED) is 0.318. The van der Waals surface area contributed by atoms with E-state index < -0.39 is 22.9 Å². The second-order valence-corrected chi connectivity index (χ2v) is 6.71. The largest absolute Gasteiger partial charge is 0.449 e. The van der Waals surface area contributed by atoms with Crippen LogP contribution < -0.4 is 16.0 Å². The molecule has 0 aromatic heterocycles. The minimum Gasteiger partial charge on any atom is -0.449 e. The summed E-state index contributed by atoms with van der Waals surface area (Å²) in [6, 6.07) is 10.7. The van der Waals surface area contributed by atoms with Gasteiger partial charge in [-0.3, -0.25) is 14.9 Å². The minimum atomic E-state index is -1.13. The number of nitrogens with one attached hydrogen (secondary N) is 1. The number of non-ortho nitro benzene ring substituents is 1. The van der Waals surface area contributed by atoms with E-state index in [4.69, 9.17) is 15.2 Å². The van der Waals surface area contributed by atoms with Crippen LogP contribution in [0.1, 0.15) is 17.3 Å². The summed E-state index contributed by atoms with van der Waals surface area (Å²) in [6.45, 7) is 4.37. The Balaban J connectivity index is 1.60. The highest BCUT2D eigenvalue weighted by molar-refractivity contribution is 5.99. The molecule has 158 valence electrons. The molecule has 1 aliphatic rings. The fourth-order valence-electron chi connectivity index (χ4n) is 2.93. The molecule has 0 spiro atoms. The summed E-state index contributed by atoms with van der Waals surface area (Å²) in [6.07, 6.45) is -1.13. The van der Waals surface area contributed by atoms with Gasteiger partial charge in [-0.15, -0.1) is 0 Å². The highest BCUT2D eigenvalue weighted by Crippen LogP contribution is 2.22. The van der Waals surface area contributed by atoms with Crippen LogP contribution in [0.3, 0.4) is 0 Å². The molecule has 0 saturated carbocycles. The Morgan fingerprint density at radius 2 is 1.87 bits per heavy atom. The number of rotatable bonds is 6. The van der Waals surface area contributed by atoms with Gasteiger partial charge in [0.1, 0.15) is 0 Å². The molecule has 10 heteroatoms. The number of carbonyl (C=O) groups excluding carboxylic acids is 2. The number of carbonyl (C=O) groups is 2. The Hall–Kier alpha value is -3.66. The summed E-state index contributed by atoms with van der Waals surface area (Å²) in [7, 11) is 0. The molecule has 0 bridgehead atoms. The molecule has 2 aromatic carbocycles. The number of anilines is 3. The number of nitro groups is 1. The van der Waals surface area contributed by atoms with Crippen LogP contribution in [0.15, 0.2) is 42.5 Å². The lowest BCUT2D eigenvalue weighted by molar-refractivity contribution is -0.384. The van der Waals surface area contributed by atoms with E-state index in [1.165, 1.54) is 19.1 Å². The predicted octanol–water partition coefficient (Wildman–Crippen LogP) is 2.20. The average molecular weight is 414 g/mol. The van der Waals surface area contributed by atoms with Crippen molar-refractivity contribution in [2.75, 3.05) is 42.3 Å². The van der Waals surface area contributed by atoms with Crippen molar-refractivity contribution in [1.29, 1.82) is 0 Å². The lowest BCUT2D eigenvalue weighted by Gasteiger charge is -2.28. The van der Waals surface area contributed by atoms with Gasteiger partial charge in [-0.25, -0.2) is 4.79 Å². The number of nitrogens with zero attached hydrogens (tertiary/aromatic N) is 2. The maximum Gasteiger partial charge on any atom is 0.341 e. The van der Waals surface area contributed by atoms with E-state index in [-0.39, 0.29) is 16.9 Å². The summed E-state index contributed by atoms with van der Waals surface area (Å²) in [5.41, 5.74) is 6.84. The Morgan fingerprint density at radius 3 is 2.50 bits per heavy atom. The number of esters is 1. The van der Waals surface area contributed by atoms with Crippen molar-refractivity contribution in [3.05, 3.63) is 58.1 Å². The summed E-state index contributed by atoms with van der Waals surface area (Å²) >= 11 is 0. The monoisotopic (exact) mass is 414 g/mol. The van der Waals surface area contributed by atoms with Gasteiger partial charge < -0.3 is 25.4 Å². The molecular formula is C20H22N4O6. The molecule has 1 fully saturated rings. The van der Waals surface area contributed by atoms with Gasteiger partial charge in [0, 0.05) is 42.3 Å². The number of nitrogens with two attached hydrogens (primary N) is 1. The summed E-state index contributed by atoms with van der Waals surface area (Å²) in [4.78, 5) is 37.1. The first-order chi connectivity index (χ1) is 14.3. The van der Waals surface area contributed by atoms with Gasteiger partial charge in [0.25, 0.3) is 11.6 Å². The van der Waals surface area contributed by atoms with Crippen molar-refractivity contribution in [2.24, 2.45) is 0 Å². The minimum absolute atomic E-state index is 0.0249. The van der Waals surface area contributed by atoms with E-state index in [1.54, 1.807) is 12.1 Å². The van der Waals surface area contributed by atoms with Crippen LogP contribution in [0.4, 0.5) is 22.7 Å². The lowest BCUT2D eigenvalue weighted by Crippen LogP contribution is -2.36. The Labute approximate surface area is 172 Å². The zero-order valence-electron chi connectivity index (χ0n) is 16.4. The highest BCUT2D eigenvalue weighted by Gasteiger charge is 2.22. The van der Waals surface area contributed by atoms with E-state index in [9.17, 15) is 19.7 Å². The molecular weight excluding hydrogens is 392 g/mol. The Bertz CT molecular complexity index is 941. The third kappa shape index (κ3) is 5.03. The summed E-state index contributed by atoms with van der Waals surface area (Å²) < 4.78 is 10.5. The molecule has 1 aliphatic heterocycles. The molecule has 30 heavy (non-hydrogen) atoms. The van der Waals surface area contributed by atoms with Gasteiger partial charge in [0.2, 0.25) is 0 Å². The number of hydrogen-bond donors (Lipinski definition) is 2. The van der Waals surface area contributed by atoms with Crippen LogP contribution >= 0.6 is 0 Å². The van der Waals surface area contributed by atoms with Gasteiger partial charge in [-0.2, -0.15) is 0 Å². The molecule has 0 aliphatic carbocycles. The van der Waals surface area contributed by atoms with Crippen LogP contribution in [-0.4, -0.2) is 49.2 Å². The first kappa shape index (κ1) is 21.1. The van der Waals surface area contributed by atoms with E-state index in [0.717, 1.165) is 24.8 Å². The van der Waals surface area contributed by atoms with Crippen LogP contribution in [0.2, 0.25) is 0 Å². The SMILES string of the molecule is CC(OC(=O)c1cc([N+](=O)[O-])ccc1N)C(=O)Nc1ccc(N2CCOCC2)cc1. The van der Waals surface area contributed by atoms with E-state index in [2.05, 4.69) is 10.2 Å². The Morgan fingerprint density at radius 1 is 1.20 bits per heavy atom. The second kappa shape index (κ2) is 9.23. The van der Waals surface area contributed by atoms with Crippen LogP contribution in [-0.2, 0) is 14.3 Å². The van der Waals surface area contributed by atoms with Crippen molar-refractivity contribution in [3.8, 4) is 0 Å². The second-order valence-electron chi connectivity index (χ2n) is 6.71. The van der Waals surface area contributed by atoms with Crippen molar-refractivity contribution >= 4 is 34.6 Å². The number of nitro benzene ring substituents is 1. The normalized spacial score (nSPS) is 14.6. The van der Waals surface area contributed by atoms with Crippen molar-refractivity contribution in [3.63, 3.8) is 0 Å². The third-order valence-electron chi connectivity index (χ3n) is 4.63. The van der Waals surface area contributed by atoms with Crippen LogP contribution in [0.5, 0.6) is 0 Å². The van der Waals surface area contributed by atoms with Gasteiger partial charge in [0.15, 0.2) is 6.10 Å². The molecule has 10 nitrogen and oxygen atoms in total. The van der Waals surface area contributed by atoms with Crippen molar-refractivity contribution < 1.29 is 24.0 Å². The third-order valence-corrected chi connectivity index (χ3v) is 4.63. The van der Waals surface area contributed by atoms with E-state index in [0.29, 0.717) is 18.9 Å². The zero-order valence-corrected chi connectivity index (χ0v) is 16.4. The van der Waals surface area contributed by atoms with Crippen molar-refractivity contribution in [2.45, 2.75) is 13.0 Å². The molecule has 3 N–H and O–H groups in total. The molecule has 1 saturated heterocycles. The molecule has 2 aromatic rings. The van der Waals surface area contributed by atoms with Gasteiger partial charge >= 0.3 is 5.97 Å². The molecule has 1 amide bonds. The first-order valence-corrected chi connectivity index (χ1v) is 9.33. The summed E-state index contributed by atoms with van der Waals surface area (Å²) in [5.74, 6) is -1.45. The molecule has 3 rings (SSSR count). The smallest absolute Gasteiger partial charge is 0.341 e. The van der Waals surface area contributed by atoms with Crippen LogP contribution in [0, 0.1) is 10.1 Å². The molecule has 1 atom stereocenters. The number of amides is 1. The number of nitrogen functional groups attached to an aromatic ring is 1. The van der Waals surface area contributed by atoms with Gasteiger partial charge in [-0.1, -0.05) is 0 Å². The fraction of sp³-hybridized carbons (Fsp3) is 0.300. The maximum atomic E-state index is 12.4. The first-order valence-electron chi connectivity index (χ1n) is 9.33. The number of morpholine rings is 1. The predicted molar refractivity (Wildman–Crippen MR) is 110 cm³/mol. The molecule has 0 radical (unpaired) electrons. The average Bonchev–Trinajstić information content (AvgIpc) is 2.74. The molecule has 1 unspecified atom stereocenters. The molecule has 1 heterocycles. The number of ether oxygens (including phenoxy) is 2.